The van der Waals surface area contributed by atoms with Crippen molar-refractivity contribution in [3.8, 4) is 0 Å². The highest BCUT2D eigenvalue weighted by molar-refractivity contribution is 5.79. The van der Waals surface area contributed by atoms with Crippen LogP contribution in [0.5, 0.6) is 0 Å². The summed E-state index contributed by atoms with van der Waals surface area (Å²) in [6.45, 7) is 0.487. The summed E-state index contributed by atoms with van der Waals surface area (Å²) in [6, 6.07) is -0.0412. The Labute approximate surface area is 126 Å². The minimum atomic E-state index is -0.763. The molecule has 5 heteroatoms. The summed E-state index contributed by atoms with van der Waals surface area (Å²) in [7, 11) is 0. The summed E-state index contributed by atoms with van der Waals surface area (Å²) in [6.07, 6.45) is 9.19. The van der Waals surface area contributed by atoms with Crippen LogP contribution in [0, 0.1) is 11.3 Å². The Bertz CT molecular complexity index is 378. The molecule has 0 heterocycles. The highest BCUT2D eigenvalue weighted by Crippen LogP contribution is 2.39. The number of hydrogen-bond acceptors (Lipinski definition) is 3. The number of hydrogen-bond donors (Lipinski definition) is 3. The predicted octanol–water partition coefficient (Wildman–Crippen LogP) is 2.05. The summed E-state index contributed by atoms with van der Waals surface area (Å²) in [5.41, 5.74) is 5.80. The molecule has 4 N–H and O–H groups in total. The second-order valence-electron chi connectivity index (χ2n) is 6.90. The SMILES string of the molecule is NC1CCCCC1C(=O)NCC1(CC(=O)O)CCCCC1. The van der Waals surface area contributed by atoms with Crippen molar-refractivity contribution < 1.29 is 14.7 Å². The number of aliphatic carboxylic acids is 1. The standard InChI is InChI=1S/C16H28N2O3/c17-13-7-3-2-6-12(13)15(21)18-11-16(10-14(19)20)8-4-1-5-9-16/h12-13H,1-11,17H2,(H,18,21)(H,19,20). The Morgan fingerprint density at radius 3 is 2.38 bits per heavy atom. The molecule has 5 nitrogen and oxygen atoms in total. The lowest BCUT2D eigenvalue weighted by molar-refractivity contribution is -0.141. The van der Waals surface area contributed by atoms with E-state index in [1.807, 2.05) is 0 Å². The molecule has 21 heavy (non-hydrogen) atoms. The van der Waals surface area contributed by atoms with Gasteiger partial charge in [-0.25, -0.2) is 0 Å². The maximum Gasteiger partial charge on any atom is 0.303 e. The molecule has 2 atom stereocenters. The van der Waals surface area contributed by atoms with E-state index in [0.717, 1.165) is 51.4 Å². The van der Waals surface area contributed by atoms with Gasteiger partial charge in [-0.2, -0.15) is 0 Å². The topological polar surface area (TPSA) is 92.4 Å². The van der Waals surface area contributed by atoms with E-state index >= 15 is 0 Å². The van der Waals surface area contributed by atoms with Crippen LogP contribution >= 0.6 is 0 Å². The van der Waals surface area contributed by atoms with E-state index in [9.17, 15) is 9.59 Å². The Kier molecular flexibility index (Phi) is 5.62. The third-order valence-corrected chi connectivity index (χ3v) is 5.23. The molecule has 2 saturated carbocycles. The van der Waals surface area contributed by atoms with E-state index < -0.39 is 5.97 Å². The third-order valence-electron chi connectivity index (χ3n) is 5.23. The van der Waals surface area contributed by atoms with E-state index in [0.29, 0.717) is 6.54 Å². The second-order valence-corrected chi connectivity index (χ2v) is 6.90. The van der Waals surface area contributed by atoms with Crippen molar-refractivity contribution in [2.75, 3.05) is 6.54 Å². The first-order valence-electron chi connectivity index (χ1n) is 8.28. The molecule has 0 aliphatic heterocycles. The van der Waals surface area contributed by atoms with Gasteiger partial charge in [0.15, 0.2) is 0 Å². The minimum absolute atomic E-state index is 0.0255. The highest BCUT2D eigenvalue weighted by Gasteiger charge is 2.36. The molecule has 0 aromatic carbocycles. The smallest absolute Gasteiger partial charge is 0.303 e. The van der Waals surface area contributed by atoms with Crippen LogP contribution in [-0.4, -0.2) is 29.6 Å². The zero-order valence-corrected chi connectivity index (χ0v) is 12.8. The molecule has 0 radical (unpaired) electrons. The molecule has 0 aromatic heterocycles. The van der Waals surface area contributed by atoms with E-state index in [1.165, 1.54) is 6.42 Å². The number of carboxylic acid groups (broad SMARTS) is 1. The number of carbonyl (C=O) groups excluding carboxylic acids is 1. The van der Waals surface area contributed by atoms with Gasteiger partial charge in [0.2, 0.25) is 5.91 Å². The first kappa shape index (κ1) is 16.3. The summed E-state index contributed by atoms with van der Waals surface area (Å²) in [5, 5.41) is 12.2. The van der Waals surface area contributed by atoms with Gasteiger partial charge in [0.25, 0.3) is 0 Å². The van der Waals surface area contributed by atoms with Crippen molar-refractivity contribution in [2.24, 2.45) is 17.1 Å². The fourth-order valence-electron chi connectivity index (χ4n) is 3.93. The monoisotopic (exact) mass is 296 g/mol. The van der Waals surface area contributed by atoms with Crippen LogP contribution < -0.4 is 11.1 Å². The largest absolute Gasteiger partial charge is 0.481 e. The molecule has 0 bridgehead atoms. The average Bonchev–Trinajstić information content (AvgIpc) is 2.46. The van der Waals surface area contributed by atoms with Crippen molar-refractivity contribution in [1.82, 2.24) is 5.32 Å². The fourth-order valence-corrected chi connectivity index (χ4v) is 3.93. The molecule has 2 rings (SSSR count). The molecule has 0 spiro atoms. The Morgan fingerprint density at radius 1 is 1.10 bits per heavy atom. The molecule has 0 saturated heterocycles. The van der Waals surface area contributed by atoms with Gasteiger partial charge in [-0.3, -0.25) is 9.59 Å². The predicted molar refractivity (Wildman–Crippen MR) is 80.7 cm³/mol. The molecule has 120 valence electrons. The summed E-state index contributed by atoms with van der Waals surface area (Å²) < 4.78 is 0. The van der Waals surface area contributed by atoms with E-state index in [-0.39, 0.29) is 29.7 Å². The molecule has 2 aliphatic rings. The van der Waals surface area contributed by atoms with Crippen LogP contribution in [0.3, 0.4) is 0 Å². The zero-order chi connectivity index (χ0) is 15.3. The Balaban J connectivity index is 1.91. The lowest BCUT2D eigenvalue weighted by Gasteiger charge is -2.37. The van der Waals surface area contributed by atoms with E-state index in [4.69, 9.17) is 10.8 Å². The number of rotatable bonds is 5. The van der Waals surface area contributed by atoms with E-state index in [1.54, 1.807) is 0 Å². The van der Waals surface area contributed by atoms with Crippen LogP contribution in [0.2, 0.25) is 0 Å². The van der Waals surface area contributed by atoms with Gasteiger partial charge in [-0.05, 0) is 31.1 Å². The van der Waals surface area contributed by atoms with Crippen LogP contribution in [0.15, 0.2) is 0 Å². The first-order chi connectivity index (χ1) is 10.0. The maximum absolute atomic E-state index is 12.3. The van der Waals surface area contributed by atoms with Crippen molar-refractivity contribution in [1.29, 1.82) is 0 Å². The summed E-state index contributed by atoms with van der Waals surface area (Å²) >= 11 is 0. The summed E-state index contributed by atoms with van der Waals surface area (Å²) in [4.78, 5) is 23.5. The average molecular weight is 296 g/mol. The Hall–Kier alpha value is -1.10. The van der Waals surface area contributed by atoms with Gasteiger partial charge < -0.3 is 16.2 Å². The van der Waals surface area contributed by atoms with E-state index in [2.05, 4.69) is 5.32 Å². The minimum Gasteiger partial charge on any atom is -0.481 e. The number of carbonyl (C=O) groups is 2. The lowest BCUT2D eigenvalue weighted by atomic mass is 9.71. The van der Waals surface area contributed by atoms with Crippen LogP contribution in [0.1, 0.15) is 64.2 Å². The quantitative estimate of drug-likeness (QED) is 0.724. The first-order valence-corrected chi connectivity index (χ1v) is 8.28. The van der Waals surface area contributed by atoms with Crippen molar-refractivity contribution in [2.45, 2.75) is 70.3 Å². The highest BCUT2D eigenvalue weighted by atomic mass is 16.4. The second kappa shape index (κ2) is 7.25. The zero-order valence-electron chi connectivity index (χ0n) is 12.8. The van der Waals surface area contributed by atoms with Gasteiger partial charge in [-0.15, -0.1) is 0 Å². The van der Waals surface area contributed by atoms with Crippen molar-refractivity contribution in [3.05, 3.63) is 0 Å². The third kappa shape index (κ3) is 4.43. The van der Waals surface area contributed by atoms with Crippen LogP contribution in [-0.2, 0) is 9.59 Å². The maximum atomic E-state index is 12.3. The van der Waals surface area contributed by atoms with Crippen LogP contribution in [0.25, 0.3) is 0 Å². The van der Waals surface area contributed by atoms with Crippen molar-refractivity contribution in [3.63, 3.8) is 0 Å². The molecule has 2 unspecified atom stereocenters. The molecule has 1 amide bonds. The fraction of sp³-hybridized carbons (Fsp3) is 0.875. The van der Waals surface area contributed by atoms with Gasteiger partial charge in [-0.1, -0.05) is 32.1 Å². The summed E-state index contributed by atoms with van der Waals surface area (Å²) in [5.74, 6) is -0.831. The number of nitrogens with two attached hydrogens (primary N) is 1. The molecular formula is C16H28N2O3. The lowest BCUT2D eigenvalue weighted by Crippen LogP contribution is -2.47. The number of amides is 1. The van der Waals surface area contributed by atoms with Gasteiger partial charge >= 0.3 is 5.97 Å². The number of carboxylic acids is 1. The molecule has 0 aromatic rings. The van der Waals surface area contributed by atoms with Gasteiger partial charge in [0.05, 0.1) is 12.3 Å². The molecular weight excluding hydrogens is 268 g/mol. The van der Waals surface area contributed by atoms with Gasteiger partial charge in [0.1, 0.15) is 0 Å². The Morgan fingerprint density at radius 2 is 1.76 bits per heavy atom. The van der Waals surface area contributed by atoms with Crippen molar-refractivity contribution >= 4 is 11.9 Å². The van der Waals surface area contributed by atoms with Crippen LogP contribution in [0.4, 0.5) is 0 Å². The number of nitrogens with one attached hydrogen (secondary N) is 1. The van der Waals surface area contributed by atoms with Gasteiger partial charge in [0, 0.05) is 12.6 Å². The molecule has 2 aliphatic carbocycles. The molecule has 2 fully saturated rings. The normalized spacial score (nSPS) is 28.8.